The largest absolute Gasteiger partial charge is 0.312 e. The average Bonchev–Trinajstić information content (AvgIpc) is 2.42. The number of hydrogen-bond donors (Lipinski definition) is 1. The number of aryl methyl sites for hydroxylation is 1. The van der Waals surface area contributed by atoms with E-state index >= 15 is 0 Å². The van der Waals surface area contributed by atoms with Gasteiger partial charge in [-0.15, -0.1) is 0 Å². The normalized spacial score (nSPS) is 17.8. The third-order valence-electron chi connectivity index (χ3n) is 4.11. The van der Waals surface area contributed by atoms with Gasteiger partial charge in [-0.2, -0.15) is 0 Å². The highest BCUT2D eigenvalue weighted by molar-refractivity contribution is 9.10. The Labute approximate surface area is 125 Å². The predicted molar refractivity (Wildman–Crippen MR) is 85.4 cm³/mol. The van der Waals surface area contributed by atoms with Crippen molar-refractivity contribution in [1.82, 2.24) is 10.2 Å². The van der Waals surface area contributed by atoms with Crippen molar-refractivity contribution in [2.75, 3.05) is 26.2 Å². The van der Waals surface area contributed by atoms with Crippen LogP contribution in [0.1, 0.15) is 30.9 Å². The van der Waals surface area contributed by atoms with Crippen molar-refractivity contribution in [3.63, 3.8) is 0 Å². The smallest absolute Gasteiger partial charge is 0.0222 e. The van der Waals surface area contributed by atoms with Crippen LogP contribution in [-0.2, 0) is 6.54 Å². The first-order valence-electron chi connectivity index (χ1n) is 7.37. The second kappa shape index (κ2) is 7.41. The van der Waals surface area contributed by atoms with E-state index in [9.17, 15) is 0 Å². The highest BCUT2D eigenvalue weighted by Gasteiger charge is 2.17. The van der Waals surface area contributed by atoms with Crippen LogP contribution in [0.2, 0.25) is 0 Å². The Morgan fingerprint density at radius 1 is 1.32 bits per heavy atom. The van der Waals surface area contributed by atoms with Crippen LogP contribution in [0.4, 0.5) is 0 Å². The third-order valence-corrected chi connectivity index (χ3v) is 4.85. The lowest BCUT2D eigenvalue weighted by molar-refractivity contribution is 0.190. The van der Waals surface area contributed by atoms with Crippen molar-refractivity contribution in [3.05, 3.63) is 33.8 Å². The monoisotopic (exact) mass is 324 g/mol. The van der Waals surface area contributed by atoms with E-state index < -0.39 is 0 Å². The molecule has 1 aromatic rings. The van der Waals surface area contributed by atoms with Gasteiger partial charge in [0.2, 0.25) is 0 Å². The van der Waals surface area contributed by atoms with Gasteiger partial charge in [-0.25, -0.2) is 0 Å². The molecule has 1 fully saturated rings. The quantitative estimate of drug-likeness (QED) is 0.890. The summed E-state index contributed by atoms with van der Waals surface area (Å²) in [6, 6.07) is 6.59. The van der Waals surface area contributed by atoms with Gasteiger partial charge in [-0.3, -0.25) is 0 Å². The summed E-state index contributed by atoms with van der Waals surface area (Å²) in [7, 11) is 0. The second-order valence-corrected chi connectivity index (χ2v) is 6.46. The zero-order valence-electron chi connectivity index (χ0n) is 12.1. The first-order chi connectivity index (χ1) is 9.19. The first kappa shape index (κ1) is 15.0. The van der Waals surface area contributed by atoms with Crippen LogP contribution < -0.4 is 5.32 Å². The Kier molecular flexibility index (Phi) is 5.86. The van der Waals surface area contributed by atoms with E-state index in [1.807, 2.05) is 0 Å². The highest BCUT2D eigenvalue weighted by Crippen LogP contribution is 2.19. The molecule has 1 heterocycles. The number of nitrogens with zero attached hydrogens (tertiary/aromatic N) is 1. The molecule has 0 radical (unpaired) electrons. The van der Waals surface area contributed by atoms with E-state index in [-0.39, 0.29) is 0 Å². The van der Waals surface area contributed by atoms with E-state index in [2.05, 4.69) is 58.2 Å². The number of rotatable bonds is 5. The summed E-state index contributed by atoms with van der Waals surface area (Å²) < 4.78 is 1.22. The Bertz CT molecular complexity index is 398. The molecular formula is C16H25BrN2. The SMILES string of the molecule is CCN1CCC(CNCc2ccc(C)cc2Br)CC1. The summed E-state index contributed by atoms with van der Waals surface area (Å²) in [6.45, 7) is 10.3. The fourth-order valence-electron chi connectivity index (χ4n) is 2.71. The Hall–Kier alpha value is -0.380. The lowest BCUT2D eigenvalue weighted by Crippen LogP contribution is -2.36. The van der Waals surface area contributed by atoms with Gasteiger partial charge in [0.1, 0.15) is 0 Å². The van der Waals surface area contributed by atoms with E-state index in [4.69, 9.17) is 0 Å². The molecule has 0 spiro atoms. The van der Waals surface area contributed by atoms with E-state index in [1.165, 1.54) is 48.1 Å². The van der Waals surface area contributed by atoms with Crippen molar-refractivity contribution in [1.29, 1.82) is 0 Å². The number of hydrogen-bond acceptors (Lipinski definition) is 2. The third kappa shape index (κ3) is 4.59. The molecule has 2 rings (SSSR count). The second-order valence-electron chi connectivity index (χ2n) is 5.60. The van der Waals surface area contributed by atoms with E-state index in [0.29, 0.717) is 0 Å². The summed E-state index contributed by atoms with van der Waals surface area (Å²) in [4.78, 5) is 2.55. The standard InChI is InChI=1S/C16H25BrN2/c1-3-19-8-6-14(7-9-19)11-18-12-15-5-4-13(2)10-16(15)17/h4-5,10,14,18H,3,6-9,11-12H2,1-2H3. The van der Waals surface area contributed by atoms with E-state index in [1.54, 1.807) is 0 Å². The fraction of sp³-hybridized carbons (Fsp3) is 0.625. The van der Waals surface area contributed by atoms with Gasteiger partial charge in [0.15, 0.2) is 0 Å². The number of halogens is 1. The maximum absolute atomic E-state index is 3.64. The molecule has 0 saturated carbocycles. The topological polar surface area (TPSA) is 15.3 Å². The zero-order chi connectivity index (χ0) is 13.7. The molecule has 1 N–H and O–H groups in total. The molecule has 1 aromatic carbocycles. The van der Waals surface area contributed by atoms with Crippen molar-refractivity contribution in [2.45, 2.75) is 33.2 Å². The summed E-state index contributed by atoms with van der Waals surface area (Å²) >= 11 is 3.64. The van der Waals surface area contributed by atoms with Crippen LogP contribution in [0.15, 0.2) is 22.7 Å². The number of piperidine rings is 1. The molecule has 3 heteroatoms. The molecule has 1 aliphatic heterocycles. The maximum atomic E-state index is 3.64. The molecule has 0 bridgehead atoms. The Morgan fingerprint density at radius 3 is 2.68 bits per heavy atom. The zero-order valence-corrected chi connectivity index (χ0v) is 13.7. The number of nitrogens with one attached hydrogen (secondary N) is 1. The van der Waals surface area contributed by atoms with Crippen LogP contribution in [0.5, 0.6) is 0 Å². The number of likely N-dealkylation sites (tertiary alicyclic amines) is 1. The molecule has 19 heavy (non-hydrogen) atoms. The summed E-state index contributed by atoms with van der Waals surface area (Å²) in [6.07, 6.45) is 2.69. The minimum atomic E-state index is 0.854. The van der Waals surface area contributed by atoms with Gasteiger partial charge < -0.3 is 10.2 Å². The molecule has 1 saturated heterocycles. The Morgan fingerprint density at radius 2 is 2.05 bits per heavy atom. The molecule has 0 amide bonds. The maximum Gasteiger partial charge on any atom is 0.0222 e. The molecule has 0 aromatic heterocycles. The lowest BCUT2D eigenvalue weighted by Gasteiger charge is -2.31. The molecular weight excluding hydrogens is 300 g/mol. The van der Waals surface area contributed by atoms with Crippen LogP contribution in [0, 0.1) is 12.8 Å². The van der Waals surface area contributed by atoms with Gasteiger partial charge in [0.25, 0.3) is 0 Å². The van der Waals surface area contributed by atoms with Gasteiger partial charge in [-0.1, -0.05) is 35.0 Å². The van der Waals surface area contributed by atoms with Crippen LogP contribution in [-0.4, -0.2) is 31.1 Å². The molecule has 2 nitrogen and oxygen atoms in total. The van der Waals surface area contributed by atoms with E-state index in [0.717, 1.165) is 19.0 Å². The summed E-state index contributed by atoms with van der Waals surface area (Å²) in [5.74, 6) is 0.854. The average molecular weight is 325 g/mol. The summed E-state index contributed by atoms with van der Waals surface area (Å²) in [5.41, 5.74) is 2.67. The van der Waals surface area contributed by atoms with Crippen molar-refractivity contribution in [2.24, 2.45) is 5.92 Å². The van der Waals surface area contributed by atoms with Gasteiger partial charge in [0, 0.05) is 11.0 Å². The van der Waals surface area contributed by atoms with Crippen molar-refractivity contribution < 1.29 is 0 Å². The minimum Gasteiger partial charge on any atom is -0.312 e. The lowest BCUT2D eigenvalue weighted by atomic mass is 9.97. The molecule has 0 unspecified atom stereocenters. The molecule has 0 aliphatic carbocycles. The first-order valence-corrected chi connectivity index (χ1v) is 8.16. The molecule has 0 atom stereocenters. The van der Waals surface area contributed by atoms with Gasteiger partial charge in [-0.05, 0) is 69.1 Å². The van der Waals surface area contributed by atoms with Gasteiger partial charge >= 0.3 is 0 Å². The van der Waals surface area contributed by atoms with Crippen molar-refractivity contribution >= 4 is 15.9 Å². The van der Waals surface area contributed by atoms with Crippen molar-refractivity contribution in [3.8, 4) is 0 Å². The molecule has 1 aliphatic rings. The Balaban J connectivity index is 1.72. The van der Waals surface area contributed by atoms with Crippen LogP contribution in [0.3, 0.4) is 0 Å². The molecule has 106 valence electrons. The fourth-order valence-corrected chi connectivity index (χ4v) is 3.35. The van der Waals surface area contributed by atoms with Crippen LogP contribution in [0.25, 0.3) is 0 Å². The predicted octanol–water partition coefficient (Wildman–Crippen LogP) is 3.58. The van der Waals surface area contributed by atoms with Gasteiger partial charge in [0.05, 0.1) is 0 Å². The van der Waals surface area contributed by atoms with Crippen LogP contribution >= 0.6 is 15.9 Å². The minimum absolute atomic E-state index is 0.854. The number of benzene rings is 1. The summed E-state index contributed by atoms with van der Waals surface area (Å²) in [5, 5.41) is 3.62. The highest BCUT2D eigenvalue weighted by atomic mass is 79.9.